The van der Waals surface area contributed by atoms with Gasteiger partial charge in [0.25, 0.3) is 5.89 Å². The fourth-order valence-electron chi connectivity index (χ4n) is 3.31. The van der Waals surface area contributed by atoms with Gasteiger partial charge in [0.1, 0.15) is 5.75 Å². The molecule has 0 aliphatic carbocycles. The molecule has 4 rings (SSSR count). The second kappa shape index (κ2) is 7.49. The van der Waals surface area contributed by atoms with Crippen LogP contribution >= 0.6 is 0 Å². The molecule has 1 aromatic carbocycles. The minimum atomic E-state index is -0.826. The summed E-state index contributed by atoms with van der Waals surface area (Å²) in [6.45, 7) is 0.512. The van der Waals surface area contributed by atoms with E-state index < -0.39 is 5.60 Å². The highest BCUT2D eigenvalue weighted by Crippen LogP contribution is 2.36. The molecule has 0 amide bonds. The lowest BCUT2D eigenvalue weighted by atomic mass is 9.90. The molecule has 0 saturated heterocycles. The van der Waals surface area contributed by atoms with Gasteiger partial charge in [-0.1, -0.05) is 5.16 Å². The van der Waals surface area contributed by atoms with E-state index in [1.807, 2.05) is 6.07 Å². The van der Waals surface area contributed by atoms with Crippen LogP contribution in [0.4, 0.5) is 0 Å². The molecule has 0 spiro atoms. The molecule has 0 bridgehead atoms. The van der Waals surface area contributed by atoms with Crippen molar-refractivity contribution in [1.29, 1.82) is 0 Å². The Hall–Kier alpha value is -3.10. The average molecular weight is 381 g/mol. The Morgan fingerprint density at radius 1 is 1.14 bits per heavy atom. The van der Waals surface area contributed by atoms with Crippen LogP contribution in [-0.2, 0) is 9.47 Å². The Bertz CT molecular complexity index is 981. The number of ketones is 1. The number of hydrogen-bond donors (Lipinski definition) is 0. The van der Waals surface area contributed by atoms with Gasteiger partial charge < -0.3 is 18.7 Å². The van der Waals surface area contributed by atoms with Gasteiger partial charge >= 0.3 is 0 Å². The maximum atomic E-state index is 12.8. The number of pyridine rings is 1. The van der Waals surface area contributed by atoms with Crippen molar-refractivity contribution in [2.75, 3.05) is 27.4 Å². The topological polar surface area (TPSA) is 96.6 Å². The molecule has 28 heavy (non-hydrogen) atoms. The van der Waals surface area contributed by atoms with Crippen molar-refractivity contribution >= 4 is 5.78 Å². The van der Waals surface area contributed by atoms with Gasteiger partial charge in [-0.05, 0) is 30.3 Å². The molecule has 2 aromatic heterocycles. The monoisotopic (exact) mass is 381 g/mol. The fraction of sp³-hybridized carbons (Fsp3) is 0.300. The Morgan fingerprint density at radius 2 is 1.96 bits per heavy atom. The highest BCUT2D eigenvalue weighted by Gasteiger charge is 2.41. The number of fused-ring (bicyclic) bond motifs is 1. The van der Waals surface area contributed by atoms with Gasteiger partial charge in [0.05, 0.1) is 25.2 Å². The van der Waals surface area contributed by atoms with Gasteiger partial charge in [0.2, 0.25) is 5.82 Å². The SMILES string of the molecule is COCC1(COC)CC(=O)c2cc(-c3nc(-c4cccnc4)no3)ccc2O1. The number of aromatic nitrogens is 3. The summed E-state index contributed by atoms with van der Waals surface area (Å²) in [5.41, 5.74) is 1.04. The van der Waals surface area contributed by atoms with Crippen LogP contribution < -0.4 is 4.74 Å². The average Bonchev–Trinajstić information content (AvgIpc) is 3.19. The lowest BCUT2D eigenvalue weighted by Gasteiger charge is -2.36. The zero-order valence-corrected chi connectivity index (χ0v) is 15.5. The largest absolute Gasteiger partial charge is 0.481 e. The van der Waals surface area contributed by atoms with Gasteiger partial charge in [-0.2, -0.15) is 4.98 Å². The molecule has 8 nitrogen and oxygen atoms in total. The first-order chi connectivity index (χ1) is 13.6. The Balaban J connectivity index is 1.65. The van der Waals surface area contributed by atoms with E-state index >= 15 is 0 Å². The maximum absolute atomic E-state index is 12.8. The smallest absolute Gasteiger partial charge is 0.258 e. The Morgan fingerprint density at radius 3 is 2.68 bits per heavy atom. The molecule has 0 radical (unpaired) electrons. The van der Waals surface area contributed by atoms with Crippen LogP contribution in [0.25, 0.3) is 22.8 Å². The summed E-state index contributed by atoms with van der Waals surface area (Å²) >= 11 is 0. The summed E-state index contributed by atoms with van der Waals surface area (Å²) < 4.78 is 21.9. The number of Topliss-reactive ketones (excluding diaryl/α,β-unsaturated/α-hetero) is 1. The third-order valence-corrected chi connectivity index (χ3v) is 4.50. The molecule has 0 N–H and O–H groups in total. The highest BCUT2D eigenvalue weighted by atomic mass is 16.6. The van der Waals surface area contributed by atoms with Crippen LogP contribution in [-0.4, -0.2) is 53.9 Å². The molecule has 0 fully saturated rings. The first kappa shape index (κ1) is 18.3. The molecule has 0 atom stereocenters. The fourth-order valence-corrected chi connectivity index (χ4v) is 3.31. The van der Waals surface area contributed by atoms with Crippen molar-refractivity contribution in [1.82, 2.24) is 15.1 Å². The Labute approximate surface area is 161 Å². The van der Waals surface area contributed by atoms with Gasteiger partial charge in [-0.25, -0.2) is 0 Å². The first-order valence-electron chi connectivity index (χ1n) is 8.73. The molecule has 144 valence electrons. The molecule has 0 unspecified atom stereocenters. The van der Waals surface area contributed by atoms with Crippen LogP contribution in [0.1, 0.15) is 16.8 Å². The number of ether oxygens (including phenoxy) is 3. The van der Waals surface area contributed by atoms with Crippen molar-refractivity contribution in [3.8, 4) is 28.6 Å². The number of carbonyl (C=O) groups excluding carboxylic acids is 1. The molecular formula is C20H19N3O5. The predicted molar refractivity (Wildman–Crippen MR) is 99.0 cm³/mol. The van der Waals surface area contributed by atoms with E-state index in [1.54, 1.807) is 50.9 Å². The number of carbonyl (C=O) groups is 1. The van der Waals surface area contributed by atoms with Crippen molar-refractivity contribution in [3.63, 3.8) is 0 Å². The summed E-state index contributed by atoms with van der Waals surface area (Å²) in [4.78, 5) is 21.2. The second-order valence-electron chi connectivity index (χ2n) is 6.63. The predicted octanol–water partition coefficient (Wildman–Crippen LogP) is 2.80. The van der Waals surface area contributed by atoms with Crippen LogP contribution in [0, 0.1) is 0 Å². The standard InChI is InChI=1S/C20H19N3O5/c1-25-11-20(12-26-2)9-16(24)15-8-13(5-6-17(15)27-20)19-22-18(23-28-19)14-4-3-7-21-10-14/h3-8,10H,9,11-12H2,1-2H3. The quantitative estimate of drug-likeness (QED) is 0.643. The van der Waals surface area contributed by atoms with Crippen molar-refractivity contribution in [2.45, 2.75) is 12.0 Å². The zero-order valence-electron chi connectivity index (χ0n) is 15.5. The van der Waals surface area contributed by atoms with Gasteiger partial charge in [-0.15, -0.1) is 0 Å². The van der Waals surface area contributed by atoms with E-state index in [0.717, 1.165) is 5.56 Å². The molecule has 1 aliphatic rings. The summed E-state index contributed by atoms with van der Waals surface area (Å²) in [7, 11) is 3.14. The summed E-state index contributed by atoms with van der Waals surface area (Å²) in [6.07, 6.45) is 3.49. The second-order valence-corrected chi connectivity index (χ2v) is 6.63. The lowest BCUT2D eigenvalue weighted by molar-refractivity contribution is -0.0630. The molecule has 3 heterocycles. The van der Waals surface area contributed by atoms with Gasteiger partial charge in [0.15, 0.2) is 11.4 Å². The summed E-state index contributed by atoms with van der Waals surface area (Å²) in [6, 6.07) is 8.86. The van der Waals surface area contributed by atoms with E-state index in [2.05, 4.69) is 15.1 Å². The summed E-state index contributed by atoms with van der Waals surface area (Å²) in [5, 5.41) is 3.99. The third kappa shape index (κ3) is 3.39. The number of rotatable bonds is 6. The minimum Gasteiger partial charge on any atom is -0.481 e. The van der Waals surface area contributed by atoms with E-state index in [-0.39, 0.29) is 25.4 Å². The molecule has 3 aromatic rings. The highest BCUT2D eigenvalue weighted by molar-refractivity contribution is 6.01. The van der Waals surface area contributed by atoms with Crippen LogP contribution in [0.3, 0.4) is 0 Å². The van der Waals surface area contributed by atoms with Crippen LogP contribution in [0.15, 0.2) is 47.2 Å². The molecule has 8 heteroatoms. The molecule has 1 aliphatic heterocycles. The van der Waals surface area contributed by atoms with Crippen molar-refractivity contribution < 1.29 is 23.5 Å². The van der Waals surface area contributed by atoms with E-state index in [4.69, 9.17) is 18.7 Å². The maximum Gasteiger partial charge on any atom is 0.258 e. The van der Waals surface area contributed by atoms with Crippen LogP contribution in [0.2, 0.25) is 0 Å². The van der Waals surface area contributed by atoms with Gasteiger partial charge in [0, 0.05) is 37.7 Å². The van der Waals surface area contributed by atoms with Crippen molar-refractivity contribution in [2.24, 2.45) is 0 Å². The lowest BCUT2D eigenvalue weighted by Crippen LogP contribution is -2.49. The summed E-state index contributed by atoms with van der Waals surface area (Å²) in [5.74, 6) is 1.19. The number of benzene rings is 1. The first-order valence-corrected chi connectivity index (χ1v) is 8.73. The number of hydrogen-bond acceptors (Lipinski definition) is 8. The molecule has 0 saturated carbocycles. The van der Waals surface area contributed by atoms with E-state index in [9.17, 15) is 4.79 Å². The number of nitrogens with zero attached hydrogens (tertiary/aromatic N) is 3. The van der Waals surface area contributed by atoms with Crippen molar-refractivity contribution in [3.05, 3.63) is 48.3 Å². The Kier molecular flexibility index (Phi) is 4.89. The van der Waals surface area contributed by atoms with E-state index in [1.165, 1.54) is 0 Å². The van der Waals surface area contributed by atoms with Gasteiger partial charge in [-0.3, -0.25) is 9.78 Å². The minimum absolute atomic E-state index is 0.0517. The van der Waals surface area contributed by atoms with E-state index in [0.29, 0.717) is 28.6 Å². The number of methoxy groups -OCH3 is 2. The molecular weight excluding hydrogens is 362 g/mol. The van der Waals surface area contributed by atoms with Crippen LogP contribution in [0.5, 0.6) is 5.75 Å². The third-order valence-electron chi connectivity index (χ3n) is 4.50. The zero-order chi connectivity index (χ0) is 19.6. The normalized spacial score (nSPS) is 15.1.